The Labute approximate surface area is 145 Å². The largest absolute Gasteiger partial charge is 0.418 e. The van der Waals surface area contributed by atoms with Crippen molar-refractivity contribution in [1.29, 1.82) is 0 Å². The van der Waals surface area contributed by atoms with E-state index in [4.69, 9.17) is 4.74 Å². The Kier molecular flexibility index (Phi) is 9.49. The maximum Gasteiger partial charge on any atom is 0.418 e. The van der Waals surface area contributed by atoms with E-state index in [2.05, 4.69) is 12.2 Å². The van der Waals surface area contributed by atoms with Gasteiger partial charge in [-0.15, -0.1) is 0 Å². The molecule has 142 valence electrons. The van der Waals surface area contributed by atoms with E-state index in [0.717, 1.165) is 31.4 Å². The summed E-state index contributed by atoms with van der Waals surface area (Å²) in [5.74, 6) is -1.71. The van der Waals surface area contributed by atoms with Crippen LogP contribution in [0.3, 0.4) is 0 Å². The van der Waals surface area contributed by atoms with Crippen molar-refractivity contribution in [1.82, 2.24) is 0 Å². The summed E-state index contributed by atoms with van der Waals surface area (Å²) in [7, 11) is 0. The molecule has 0 atom stereocenters. The van der Waals surface area contributed by atoms with Gasteiger partial charge < -0.3 is 10.1 Å². The zero-order chi connectivity index (χ0) is 18.7. The summed E-state index contributed by atoms with van der Waals surface area (Å²) in [5, 5.41) is 2.12. The van der Waals surface area contributed by atoms with Gasteiger partial charge in [0.15, 0.2) is 0 Å². The summed E-state index contributed by atoms with van der Waals surface area (Å²) in [4.78, 5) is 11.7. The van der Waals surface area contributed by atoms with Gasteiger partial charge in [0.25, 0.3) is 0 Å². The van der Waals surface area contributed by atoms with Crippen LogP contribution >= 0.6 is 0 Å². The fourth-order valence-electron chi connectivity index (χ4n) is 2.37. The van der Waals surface area contributed by atoms with Gasteiger partial charge in [-0.25, -0.2) is 4.39 Å². The second kappa shape index (κ2) is 11.1. The first-order valence-electron chi connectivity index (χ1n) is 8.59. The molecular weight excluding hydrogens is 338 g/mol. The van der Waals surface area contributed by atoms with Crippen LogP contribution in [-0.4, -0.2) is 19.1 Å². The summed E-state index contributed by atoms with van der Waals surface area (Å²) >= 11 is 0. The zero-order valence-corrected chi connectivity index (χ0v) is 14.4. The number of nitrogens with one attached hydrogen (secondary N) is 1. The smallest absolute Gasteiger partial charge is 0.372 e. The molecule has 0 saturated carbocycles. The maximum absolute atomic E-state index is 13.0. The van der Waals surface area contributed by atoms with E-state index in [1.165, 1.54) is 25.7 Å². The van der Waals surface area contributed by atoms with E-state index in [1.807, 2.05) is 0 Å². The summed E-state index contributed by atoms with van der Waals surface area (Å²) in [6, 6.07) is 2.12. The van der Waals surface area contributed by atoms with Gasteiger partial charge in [-0.1, -0.05) is 45.4 Å². The van der Waals surface area contributed by atoms with E-state index >= 15 is 0 Å². The number of carbonyl (C=O) groups is 1. The number of unbranched alkanes of at least 4 members (excludes halogenated alkanes) is 6. The van der Waals surface area contributed by atoms with E-state index in [-0.39, 0.29) is 6.61 Å². The molecule has 25 heavy (non-hydrogen) atoms. The first kappa shape index (κ1) is 21.4. The molecule has 1 amide bonds. The molecule has 3 nitrogen and oxygen atoms in total. The van der Waals surface area contributed by atoms with Crippen molar-refractivity contribution in [2.45, 2.75) is 58.0 Å². The number of halogens is 4. The van der Waals surface area contributed by atoms with Crippen molar-refractivity contribution in [2.75, 3.05) is 18.5 Å². The fourth-order valence-corrected chi connectivity index (χ4v) is 2.37. The molecule has 1 N–H and O–H groups in total. The minimum Gasteiger partial charge on any atom is -0.372 e. The minimum absolute atomic E-state index is 0.329. The van der Waals surface area contributed by atoms with Crippen LogP contribution in [0, 0.1) is 5.82 Å². The number of amides is 1. The van der Waals surface area contributed by atoms with Crippen LogP contribution in [0.4, 0.5) is 23.2 Å². The predicted octanol–water partition coefficient (Wildman–Crippen LogP) is 5.55. The lowest BCUT2D eigenvalue weighted by Gasteiger charge is -2.14. The third-order valence-electron chi connectivity index (χ3n) is 3.69. The first-order valence-corrected chi connectivity index (χ1v) is 8.59. The lowest BCUT2D eigenvalue weighted by Crippen LogP contribution is -2.21. The number of hydrogen-bond donors (Lipinski definition) is 1. The Morgan fingerprint density at radius 3 is 2.36 bits per heavy atom. The molecule has 0 spiro atoms. The molecule has 0 aliphatic heterocycles. The SMILES string of the molecule is CCCCCCCCCOCC(=O)Nc1ccc(F)cc1C(F)(F)F. The second-order valence-electron chi connectivity index (χ2n) is 5.91. The lowest BCUT2D eigenvalue weighted by atomic mass is 10.1. The lowest BCUT2D eigenvalue weighted by molar-refractivity contribution is -0.137. The van der Waals surface area contributed by atoms with Crippen molar-refractivity contribution < 1.29 is 27.1 Å². The van der Waals surface area contributed by atoms with Gasteiger partial charge >= 0.3 is 6.18 Å². The van der Waals surface area contributed by atoms with Gasteiger partial charge in [-0.05, 0) is 24.6 Å². The van der Waals surface area contributed by atoms with Crippen molar-refractivity contribution in [3.8, 4) is 0 Å². The van der Waals surface area contributed by atoms with Crippen LogP contribution in [0.5, 0.6) is 0 Å². The summed E-state index contributed by atoms with van der Waals surface area (Å²) in [5.41, 5.74) is -1.69. The Hall–Kier alpha value is -1.63. The number of carbonyl (C=O) groups excluding carboxylic acids is 1. The highest BCUT2D eigenvalue weighted by atomic mass is 19.4. The molecule has 1 aromatic carbocycles. The standard InChI is InChI=1S/C18H25F4NO2/c1-2-3-4-5-6-7-8-11-25-13-17(24)23-16-10-9-14(19)12-15(16)18(20,21)22/h9-10,12H,2-8,11,13H2,1H3,(H,23,24). The average Bonchev–Trinajstić information content (AvgIpc) is 2.54. The van der Waals surface area contributed by atoms with Crippen LogP contribution in [0.15, 0.2) is 18.2 Å². The number of hydrogen-bond acceptors (Lipinski definition) is 2. The van der Waals surface area contributed by atoms with Gasteiger partial charge in [0, 0.05) is 6.61 Å². The molecule has 0 radical (unpaired) electrons. The molecule has 0 unspecified atom stereocenters. The minimum atomic E-state index is -4.75. The number of ether oxygens (including phenoxy) is 1. The molecule has 1 rings (SSSR count). The summed E-state index contributed by atoms with van der Waals surface area (Å²) in [6.45, 7) is 2.21. The number of benzene rings is 1. The van der Waals surface area contributed by atoms with Crippen molar-refractivity contribution in [3.05, 3.63) is 29.6 Å². The zero-order valence-electron chi connectivity index (χ0n) is 14.4. The molecule has 0 fully saturated rings. The molecule has 0 aliphatic carbocycles. The van der Waals surface area contributed by atoms with Gasteiger partial charge in [0.05, 0.1) is 11.3 Å². The van der Waals surface area contributed by atoms with Gasteiger partial charge in [-0.2, -0.15) is 13.2 Å². The normalized spacial score (nSPS) is 11.6. The average molecular weight is 363 g/mol. The molecule has 1 aromatic rings. The molecule has 0 saturated heterocycles. The highest BCUT2D eigenvalue weighted by Crippen LogP contribution is 2.35. The third-order valence-corrected chi connectivity index (χ3v) is 3.69. The van der Waals surface area contributed by atoms with Gasteiger partial charge in [0.1, 0.15) is 12.4 Å². The molecule has 0 bridgehead atoms. The highest BCUT2D eigenvalue weighted by molar-refractivity contribution is 5.92. The van der Waals surface area contributed by atoms with E-state index in [1.54, 1.807) is 0 Å². The Balaban J connectivity index is 2.29. The Morgan fingerprint density at radius 1 is 1.08 bits per heavy atom. The second-order valence-corrected chi connectivity index (χ2v) is 5.91. The first-order chi connectivity index (χ1) is 11.8. The summed E-state index contributed by atoms with van der Waals surface area (Å²) in [6.07, 6.45) is 3.01. The molecular formula is C18H25F4NO2. The quantitative estimate of drug-likeness (QED) is 0.413. The third kappa shape index (κ3) is 8.86. The number of anilines is 1. The molecule has 0 aromatic heterocycles. The predicted molar refractivity (Wildman–Crippen MR) is 88.8 cm³/mol. The molecule has 7 heteroatoms. The van der Waals surface area contributed by atoms with Crippen LogP contribution in [0.2, 0.25) is 0 Å². The van der Waals surface area contributed by atoms with E-state index in [0.29, 0.717) is 12.7 Å². The van der Waals surface area contributed by atoms with E-state index < -0.39 is 29.2 Å². The highest BCUT2D eigenvalue weighted by Gasteiger charge is 2.34. The van der Waals surface area contributed by atoms with Crippen molar-refractivity contribution in [2.24, 2.45) is 0 Å². The number of alkyl halides is 3. The van der Waals surface area contributed by atoms with Crippen molar-refractivity contribution >= 4 is 11.6 Å². The van der Waals surface area contributed by atoms with Gasteiger partial charge in [0.2, 0.25) is 5.91 Å². The van der Waals surface area contributed by atoms with Gasteiger partial charge in [-0.3, -0.25) is 4.79 Å². The van der Waals surface area contributed by atoms with Crippen LogP contribution in [0.1, 0.15) is 57.4 Å². The van der Waals surface area contributed by atoms with Crippen LogP contribution in [0.25, 0.3) is 0 Å². The Bertz CT molecular complexity index is 532. The Morgan fingerprint density at radius 2 is 1.72 bits per heavy atom. The molecule has 0 aliphatic rings. The van der Waals surface area contributed by atoms with Crippen molar-refractivity contribution in [3.63, 3.8) is 0 Å². The molecule has 0 heterocycles. The van der Waals surface area contributed by atoms with Crippen LogP contribution < -0.4 is 5.32 Å². The van der Waals surface area contributed by atoms with Crippen LogP contribution in [-0.2, 0) is 15.7 Å². The van der Waals surface area contributed by atoms with E-state index in [9.17, 15) is 22.4 Å². The maximum atomic E-state index is 13.0. The summed E-state index contributed by atoms with van der Waals surface area (Å²) < 4.78 is 56.7. The topological polar surface area (TPSA) is 38.3 Å². The fraction of sp³-hybridized carbons (Fsp3) is 0.611. The monoisotopic (exact) mass is 363 g/mol. The number of rotatable bonds is 11.